The van der Waals surface area contributed by atoms with Crippen LogP contribution in [0.4, 0.5) is 0 Å². The predicted octanol–water partition coefficient (Wildman–Crippen LogP) is 2.73. The van der Waals surface area contributed by atoms with Gasteiger partial charge in [-0.2, -0.15) is 0 Å². The molecule has 10 nitrogen and oxygen atoms in total. The Morgan fingerprint density at radius 2 is 1.23 bits per heavy atom. The Bertz CT molecular complexity index is 1500. The number of rotatable bonds is 10. The number of aliphatic hydroxyl groups is 3. The summed E-state index contributed by atoms with van der Waals surface area (Å²) in [5.74, 6) is -5.02. The maximum Gasteiger partial charge on any atom is 0.336 e. The molecular weight excluding hydrogens is 506 g/mol. The van der Waals surface area contributed by atoms with Crippen molar-refractivity contribution < 1.29 is 45.0 Å². The quantitative estimate of drug-likeness (QED) is 0.148. The van der Waals surface area contributed by atoms with Crippen LogP contribution in [-0.4, -0.2) is 72.9 Å². The van der Waals surface area contributed by atoms with E-state index >= 15 is 0 Å². The molecule has 0 aliphatic heterocycles. The second-order valence-corrected chi connectivity index (χ2v) is 9.67. The number of aliphatic carboxylic acids is 3. The molecule has 0 aliphatic rings. The molecule has 4 aromatic carbocycles. The summed E-state index contributed by atoms with van der Waals surface area (Å²) in [5.41, 5.74) is -2.27. The first-order valence-corrected chi connectivity index (χ1v) is 12.1. The van der Waals surface area contributed by atoms with Gasteiger partial charge >= 0.3 is 17.9 Å². The van der Waals surface area contributed by atoms with Gasteiger partial charge in [-0.1, -0.05) is 60.7 Å². The molecule has 7 N–H and O–H groups in total. The molecule has 0 saturated carbocycles. The van der Waals surface area contributed by atoms with Gasteiger partial charge in [-0.05, 0) is 50.9 Å². The van der Waals surface area contributed by atoms with Gasteiger partial charge in [0.05, 0.1) is 31.6 Å². The van der Waals surface area contributed by atoms with E-state index in [1.165, 1.54) is 32.3 Å². The molecule has 206 valence electrons. The van der Waals surface area contributed by atoms with E-state index in [0.717, 1.165) is 5.56 Å². The van der Waals surface area contributed by atoms with Crippen molar-refractivity contribution in [3.05, 3.63) is 72.3 Å². The number of fused-ring (bicyclic) bond motifs is 5. The molecule has 0 spiro atoms. The van der Waals surface area contributed by atoms with Gasteiger partial charge in [-0.25, -0.2) is 4.79 Å². The minimum Gasteiger partial charge on any atom is -0.481 e. The van der Waals surface area contributed by atoms with Crippen molar-refractivity contribution >= 4 is 50.2 Å². The number of benzene rings is 4. The number of hydrogen-bond acceptors (Lipinski definition) is 7. The second kappa shape index (κ2) is 12.2. The molecule has 0 fully saturated rings. The van der Waals surface area contributed by atoms with E-state index in [0.29, 0.717) is 6.54 Å². The Morgan fingerprint density at radius 3 is 1.77 bits per heavy atom. The second-order valence-electron chi connectivity index (χ2n) is 9.67. The zero-order chi connectivity index (χ0) is 28.8. The van der Waals surface area contributed by atoms with Crippen LogP contribution in [0.25, 0.3) is 32.3 Å². The fraction of sp³-hybridized carbons (Fsp3) is 0.276. The number of carbonyl (C=O) groups is 3. The molecule has 4 aromatic rings. The van der Waals surface area contributed by atoms with E-state index in [1.807, 2.05) is 6.92 Å². The van der Waals surface area contributed by atoms with Crippen molar-refractivity contribution in [2.24, 2.45) is 0 Å². The third-order valence-electron chi connectivity index (χ3n) is 6.54. The molecule has 0 saturated heterocycles. The van der Waals surface area contributed by atoms with Gasteiger partial charge in [-0.3, -0.25) is 9.59 Å². The Hall–Kier alpha value is -4.09. The predicted molar refractivity (Wildman–Crippen MR) is 145 cm³/mol. The fourth-order valence-electron chi connectivity index (χ4n) is 4.27. The molecule has 0 bridgehead atoms. The molecule has 0 atom stereocenters. The Balaban J connectivity index is 0.000000276. The lowest BCUT2D eigenvalue weighted by atomic mass is 9.93. The lowest BCUT2D eigenvalue weighted by Gasteiger charge is -2.27. The third-order valence-corrected chi connectivity index (χ3v) is 6.54. The number of hydrogen-bond donors (Lipinski definition) is 7. The smallest absolute Gasteiger partial charge is 0.336 e. The van der Waals surface area contributed by atoms with Crippen molar-refractivity contribution in [1.82, 2.24) is 5.32 Å². The normalized spacial score (nSPS) is 11.8. The summed E-state index contributed by atoms with van der Waals surface area (Å²) in [7, 11) is 0. The number of aliphatic hydroxyl groups excluding tert-OH is 2. The van der Waals surface area contributed by atoms with E-state index in [1.54, 1.807) is 0 Å². The summed E-state index contributed by atoms with van der Waals surface area (Å²) in [5, 5.41) is 63.6. The zero-order valence-corrected chi connectivity index (χ0v) is 21.3. The number of carboxylic acids is 3. The minimum atomic E-state index is -2.74. The minimum absolute atomic E-state index is 0.113. The van der Waals surface area contributed by atoms with E-state index in [9.17, 15) is 24.6 Å². The van der Waals surface area contributed by atoms with Gasteiger partial charge in [0.2, 0.25) is 0 Å². The van der Waals surface area contributed by atoms with Crippen molar-refractivity contribution in [3.63, 3.8) is 0 Å². The highest BCUT2D eigenvalue weighted by Gasteiger charge is 2.40. The topological polar surface area (TPSA) is 185 Å². The summed E-state index contributed by atoms with van der Waals surface area (Å²) >= 11 is 0. The van der Waals surface area contributed by atoms with E-state index in [2.05, 4.69) is 72.0 Å². The molecule has 10 heteroatoms. The van der Waals surface area contributed by atoms with Crippen LogP contribution in [0.3, 0.4) is 0 Å². The van der Waals surface area contributed by atoms with Crippen molar-refractivity contribution in [1.29, 1.82) is 0 Å². The summed E-state index contributed by atoms with van der Waals surface area (Å²) in [6.07, 6.45) is -2.29. The van der Waals surface area contributed by atoms with Crippen molar-refractivity contribution in [2.75, 3.05) is 13.2 Å². The van der Waals surface area contributed by atoms with Crippen LogP contribution in [0.15, 0.2) is 66.7 Å². The molecule has 0 amide bonds. The molecule has 0 aliphatic carbocycles. The fourth-order valence-corrected chi connectivity index (χ4v) is 4.27. The first-order valence-electron chi connectivity index (χ1n) is 12.1. The highest BCUT2D eigenvalue weighted by atomic mass is 16.4. The average Bonchev–Trinajstić information content (AvgIpc) is 2.90. The van der Waals surface area contributed by atoms with Crippen LogP contribution in [0.2, 0.25) is 0 Å². The van der Waals surface area contributed by atoms with Crippen molar-refractivity contribution in [2.45, 2.75) is 37.5 Å². The maximum atomic E-state index is 10.3. The van der Waals surface area contributed by atoms with E-state index in [-0.39, 0.29) is 13.2 Å². The van der Waals surface area contributed by atoms with Crippen LogP contribution < -0.4 is 5.32 Å². The highest BCUT2D eigenvalue weighted by Crippen LogP contribution is 2.33. The Labute approximate surface area is 223 Å². The van der Waals surface area contributed by atoms with E-state index < -0.39 is 41.9 Å². The Kier molecular flexibility index (Phi) is 9.20. The van der Waals surface area contributed by atoms with Gasteiger partial charge in [0.15, 0.2) is 5.60 Å². The van der Waals surface area contributed by atoms with Crippen LogP contribution in [0.1, 0.15) is 25.3 Å². The monoisotopic (exact) mass is 537 g/mol. The first-order chi connectivity index (χ1) is 18.4. The molecule has 0 unspecified atom stereocenters. The SMILES string of the molecule is CC(CO)(CO)NCc1cc2c3ccccc3ccc2c2ccccc12.O=C(O)CC(O)(CC(=O)O)C(=O)O. The summed E-state index contributed by atoms with van der Waals surface area (Å²) < 4.78 is 0. The average molecular weight is 538 g/mol. The standard InChI is InChI=1S/C23H23NO2.C6H8O7/c1-23(14-25,15-26)24-13-17-12-22-18-7-3-2-6-16(18)10-11-21(22)20-9-5-4-8-19(17)20;7-3(8)1-6(13,5(11)12)2-4(9)10/h2-12,24-26H,13-15H2,1H3;13H,1-2H2,(H,7,8)(H,9,10)(H,11,12). The molecular formula is C29H31NO9. The van der Waals surface area contributed by atoms with Gasteiger partial charge in [0.1, 0.15) is 0 Å². The molecule has 0 radical (unpaired) electrons. The molecule has 0 aromatic heterocycles. The molecule has 4 rings (SSSR count). The lowest BCUT2D eigenvalue weighted by molar-refractivity contribution is -0.170. The summed E-state index contributed by atoms with van der Waals surface area (Å²) in [6.45, 7) is 2.18. The van der Waals surface area contributed by atoms with Gasteiger partial charge in [0.25, 0.3) is 0 Å². The summed E-state index contributed by atoms with van der Waals surface area (Å²) in [4.78, 5) is 30.5. The Morgan fingerprint density at radius 1 is 0.718 bits per heavy atom. The van der Waals surface area contributed by atoms with Gasteiger partial charge < -0.3 is 36.0 Å². The van der Waals surface area contributed by atoms with Gasteiger partial charge in [0, 0.05) is 6.54 Å². The number of carboxylic acid groups (broad SMARTS) is 3. The van der Waals surface area contributed by atoms with Crippen LogP contribution >= 0.6 is 0 Å². The molecule has 0 heterocycles. The largest absolute Gasteiger partial charge is 0.481 e. The first kappa shape index (κ1) is 29.5. The van der Waals surface area contributed by atoms with Crippen molar-refractivity contribution in [3.8, 4) is 0 Å². The zero-order valence-electron chi connectivity index (χ0n) is 21.3. The van der Waals surface area contributed by atoms with Crippen LogP contribution in [0, 0.1) is 0 Å². The highest BCUT2D eigenvalue weighted by molar-refractivity contribution is 6.18. The van der Waals surface area contributed by atoms with Crippen LogP contribution in [0.5, 0.6) is 0 Å². The number of nitrogens with one attached hydrogen (secondary N) is 1. The van der Waals surface area contributed by atoms with E-state index in [4.69, 9.17) is 20.4 Å². The third kappa shape index (κ3) is 6.87. The molecule has 39 heavy (non-hydrogen) atoms. The van der Waals surface area contributed by atoms with Gasteiger partial charge in [-0.15, -0.1) is 0 Å². The lowest BCUT2D eigenvalue weighted by Crippen LogP contribution is -2.48. The summed E-state index contributed by atoms with van der Waals surface area (Å²) in [6, 6.07) is 23.5. The van der Waals surface area contributed by atoms with Crippen LogP contribution in [-0.2, 0) is 20.9 Å². The maximum absolute atomic E-state index is 10.3.